The first kappa shape index (κ1) is 25.6. The van der Waals surface area contributed by atoms with E-state index in [0.29, 0.717) is 28.2 Å². The fraction of sp³-hybridized carbons (Fsp3) is 0.364. The Morgan fingerprint density at radius 3 is 2.37 bits per heavy atom. The van der Waals surface area contributed by atoms with Crippen LogP contribution in [0.25, 0.3) is 5.78 Å². The highest BCUT2D eigenvalue weighted by Gasteiger charge is 2.37. The van der Waals surface area contributed by atoms with E-state index in [-0.39, 0.29) is 43.4 Å². The number of hydrogen-bond donors (Lipinski definition) is 2. The lowest BCUT2D eigenvalue weighted by atomic mass is 10.1. The number of carbonyl (C=O) groups excluding carboxylic acids is 3. The number of ether oxygens (including phenoxy) is 1. The van der Waals surface area contributed by atoms with Gasteiger partial charge in [-0.2, -0.15) is 18.2 Å². The Morgan fingerprint density at radius 1 is 1.06 bits per heavy atom. The Kier molecular flexibility index (Phi) is 7.67. The van der Waals surface area contributed by atoms with Crippen molar-refractivity contribution in [2.24, 2.45) is 0 Å². The molecule has 10 nitrogen and oxygen atoms in total. The third-order valence-corrected chi connectivity index (χ3v) is 5.16. The first-order valence-electron chi connectivity index (χ1n) is 10.5. The Hall–Kier alpha value is -4.03. The topological polar surface area (TPSA) is 128 Å². The minimum absolute atomic E-state index is 0.0532. The average Bonchev–Trinajstić information content (AvgIpc) is 3.23. The van der Waals surface area contributed by atoms with Crippen LogP contribution in [0.5, 0.6) is 0 Å². The highest BCUT2D eigenvalue weighted by molar-refractivity contribution is 5.91. The molecule has 0 unspecified atom stereocenters. The van der Waals surface area contributed by atoms with Crippen LogP contribution in [0.15, 0.2) is 24.3 Å². The van der Waals surface area contributed by atoms with Gasteiger partial charge in [0.05, 0.1) is 13.5 Å². The molecule has 0 bridgehead atoms. The number of benzene rings is 1. The molecule has 3 aromatic rings. The van der Waals surface area contributed by atoms with Crippen LogP contribution in [-0.4, -0.2) is 51.0 Å². The average molecular weight is 492 g/mol. The molecule has 0 saturated heterocycles. The fourth-order valence-corrected chi connectivity index (χ4v) is 3.35. The molecule has 0 aliphatic carbocycles. The summed E-state index contributed by atoms with van der Waals surface area (Å²) >= 11 is 0. The number of amides is 2. The van der Waals surface area contributed by atoms with Gasteiger partial charge in [0.1, 0.15) is 6.54 Å². The van der Waals surface area contributed by atoms with Gasteiger partial charge in [-0.1, -0.05) is 12.1 Å². The summed E-state index contributed by atoms with van der Waals surface area (Å²) in [5, 5.41) is 8.67. The van der Waals surface area contributed by atoms with E-state index in [9.17, 15) is 27.6 Å². The molecular weight excluding hydrogens is 469 g/mol. The number of aromatic nitrogens is 4. The van der Waals surface area contributed by atoms with Crippen LogP contribution < -0.4 is 10.6 Å². The first-order valence-corrected chi connectivity index (χ1v) is 10.5. The van der Waals surface area contributed by atoms with Crippen LogP contribution in [-0.2, 0) is 38.1 Å². The molecule has 0 fully saturated rings. The van der Waals surface area contributed by atoms with E-state index in [4.69, 9.17) is 0 Å². The summed E-state index contributed by atoms with van der Waals surface area (Å²) in [6.07, 6.45) is -4.33. The number of carbonyl (C=O) groups is 3. The normalized spacial score (nSPS) is 11.4. The summed E-state index contributed by atoms with van der Waals surface area (Å²) < 4.78 is 44.3. The summed E-state index contributed by atoms with van der Waals surface area (Å²) in [4.78, 5) is 42.9. The molecule has 13 heteroatoms. The van der Waals surface area contributed by atoms with Gasteiger partial charge in [0, 0.05) is 23.5 Å². The molecule has 2 aromatic heterocycles. The van der Waals surface area contributed by atoms with E-state index in [1.54, 1.807) is 38.1 Å². The van der Waals surface area contributed by atoms with Crippen molar-refractivity contribution in [2.45, 2.75) is 39.3 Å². The van der Waals surface area contributed by atoms with E-state index in [2.05, 4.69) is 30.4 Å². The number of halogens is 3. The van der Waals surface area contributed by atoms with Gasteiger partial charge in [0.2, 0.25) is 11.8 Å². The number of alkyl halides is 3. The quantitative estimate of drug-likeness (QED) is 0.461. The molecule has 2 N–H and O–H groups in total. The van der Waals surface area contributed by atoms with E-state index in [0.717, 1.165) is 4.52 Å². The molecule has 0 radical (unpaired) electrons. The molecule has 35 heavy (non-hydrogen) atoms. The molecule has 0 aliphatic heterocycles. The van der Waals surface area contributed by atoms with Gasteiger partial charge >= 0.3 is 12.1 Å². The Morgan fingerprint density at radius 2 is 1.74 bits per heavy atom. The number of hydrogen-bond acceptors (Lipinski definition) is 7. The largest absolute Gasteiger partial charge is 0.468 e. The van der Waals surface area contributed by atoms with Crippen LogP contribution in [0, 0.1) is 13.8 Å². The molecule has 0 saturated carbocycles. The maximum Gasteiger partial charge on any atom is 0.453 e. The second-order valence-corrected chi connectivity index (χ2v) is 7.68. The smallest absolute Gasteiger partial charge is 0.453 e. The van der Waals surface area contributed by atoms with Crippen molar-refractivity contribution in [1.29, 1.82) is 0 Å². The molecule has 2 amide bonds. The van der Waals surface area contributed by atoms with Gasteiger partial charge < -0.3 is 15.4 Å². The zero-order valence-electron chi connectivity index (χ0n) is 19.2. The van der Waals surface area contributed by atoms with Gasteiger partial charge in [0.15, 0.2) is 0 Å². The van der Waals surface area contributed by atoms with Crippen LogP contribution in [0.2, 0.25) is 0 Å². The second-order valence-electron chi connectivity index (χ2n) is 7.68. The first-order chi connectivity index (χ1) is 16.5. The number of rotatable bonds is 8. The Bertz CT molecular complexity index is 1250. The van der Waals surface area contributed by atoms with Crippen molar-refractivity contribution in [3.05, 3.63) is 52.6 Å². The van der Waals surface area contributed by atoms with Gasteiger partial charge in [-0.15, -0.1) is 5.10 Å². The van der Waals surface area contributed by atoms with E-state index in [1.165, 1.54) is 7.11 Å². The lowest BCUT2D eigenvalue weighted by Gasteiger charge is -2.11. The summed E-state index contributed by atoms with van der Waals surface area (Å²) in [5.41, 5.74) is 2.71. The van der Waals surface area contributed by atoms with Crippen molar-refractivity contribution in [2.75, 3.05) is 19.0 Å². The predicted molar refractivity (Wildman–Crippen MR) is 117 cm³/mol. The third kappa shape index (κ3) is 6.52. The van der Waals surface area contributed by atoms with Crippen molar-refractivity contribution in [3.63, 3.8) is 0 Å². The number of nitrogens with zero attached hydrogens (tertiary/aromatic N) is 4. The highest BCUT2D eigenvalue weighted by atomic mass is 19.4. The van der Waals surface area contributed by atoms with Gasteiger partial charge in [-0.05, 0) is 43.5 Å². The van der Waals surface area contributed by atoms with Crippen LogP contribution in [0.4, 0.5) is 18.9 Å². The molecule has 0 spiro atoms. The maximum absolute atomic E-state index is 12.9. The minimum atomic E-state index is -4.68. The molecular formula is C22H23F3N6O4. The monoisotopic (exact) mass is 492 g/mol. The number of aryl methyl sites for hydroxylation is 2. The van der Waals surface area contributed by atoms with Crippen LogP contribution in [0.1, 0.15) is 34.8 Å². The SMILES string of the molecule is COC(=O)CNC(=O)Cc1ccc(NC(=O)CCc2c(C)nc3nc(C(F)(F)F)nn3c2C)cc1. The zero-order chi connectivity index (χ0) is 25.8. The van der Waals surface area contributed by atoms with Crippen molar-refractivity contribution in [1.82, 2.24) is 24.9 Å². The Balaban J connectivity index is 1.58. The Labute approximate surface area is 197 Å². The number of methoxy groups -OCH3 is 1. The second kappa shape index (κ2) is 10.5. The summed E-state index contributed by atoms with van der Waals surface area (Å²) in [6.45, 7) is 3.03. The summed E-state index contributed by atoms with van der Waals surface area (Å²) in [6, 6.07) is 6.61. The zero-order valence-corrected chi connectivity index (χ0v) is 19.2. The minimum Gasteiger partial charge on any atom is -0.468 e. The molecule has 1 aromatic carbocycles. The lowest BCUT2D eigenvalue weighted by Crippen LogP contribution is -2.31. The van der Waals surface area contributed by atoms with Gasteiger partial charge in [-0.25, -0.2) is 9.50 Å². The fourth-order valence-electron chi connectivity index (χ4n) is 3.35. The van der Waals surface area contributed by atoms with E-state index < -0.39 is 18.0 Å². The summed E-state index contributed by atoms with van der Waals surface area (Å²) in [7, 11) is 1.23. The van der Waals surface area contributed by atoms with E-state index >= 15 is 0 Å². The van der Waals surface area contributed by atoms with Crippen molar-refractivity contribution >= 4 is 29.2 Å². The number of esters is 1. The number of fused-ring (bicyclic) bond motifs is 1. The van der Waals surface area contributed by atoms with Gasteiger partial charge in [0.25, 0.3) is 11.6 Å². The van der Waals surface area contributed by atoms with E-state index in [1.807, 2.05) is 0 Å². The third-order valence-electron chi connectivity index (χ3n) is 5.16. The summed E-state index contributed by atoms with van der Waals surface area (Å²) in [5.74, 6) is -2.63. The van der Waals surface area contributed by atoms with Gasteiger partial charge in [-0.3, -0.25) is 14.4 Å². The number of nitrogens with one attached hydrogen (secondary N) is 2. The molecule has 3 rings (SSSR count). The lowest BCUT2D eigenvalue weighted by molar-refractivity contribution is -0.144. The highest BCUT2D eigenvalue weighted by Crippen LogP contribution is 2.27. The molecule has 0 aliphatic rings. The van der Waals surface area contributed by atoms with Crippen molar-refractivity contribution < 1.29 is 32.3 Å². The maximum atomic E-state index is 12.9. The molecule has 2 heterocycles. The molecule has 186 valence electrons. The van der Waals surface area contributed by atoms with Crippen molar-refractivity contribution in [3.8, 4) is 0 Å². The van der Waals surface area contributed by atoms with Crippen LogP contribution in [0.3, 0.4) is 0 Å². The predicted octanol–water partition coefficient (Wildman–Crippen LogP) is 2.16. The standard InChI is InChI=1S/C22H23F3N6O4/c1-12-16(13(2)31-21(27-12)29-20(30-31)22(23,24)25)8-9-17(32)28-15-6-4-14(5-7-15)10-18(33)26-11-19(34)35-3/h4-7H,8-11H2,1-3H3,(H,26,33)(H,28,32). The number of anilines is 1. The van der Waals surface area contributed by atoms with Crippen LogP contribution >= 0.6 is 0 Å². The molecule has 0 atom stereocenters.